The summed E-state index contributed by atoms with van der Waals surface area (Å²) in [6.07, 6.45) is -0.981. The number of anilines is 2. The minimum absolute atomic E-state index is 0.328. The molecule has 2 saturated heterocycles. The van der Waals surface area contributed by atoms with E-state index in [0.717, 1.165) is 5.56 Å². The van der Waals surface area contributed by atoms with Gasteiger partial charge in [-0.15, -0.1) is 0 Å². The molecule has 8 nitrogen and oxygen atoms in total. The molecule has 2 heterocycles. The Hall–Kier alpha value is -4.04. The van der Waals surface area contributed by atoms with Crippen LogP contribution in [0.1, 0.15) is 17.2 Å². The third kappa shape index (κ3) is 3.57. The fraction of sp³-hybridized carbons (Fsp3) is 0.259. The van der Waals surface area contributed by atoms with Crippen LogP contribution in [0.2, 0.25) is 0 Å². The van der Waals surface area contributed by atoms with Gasteiger partial charge in [-0.1, -0.05) is 30.3 Å². The first-order valence-corrected chi connectivity index (χ1v) is 11.2. The zero-order valence-electron chi connectivity index (χ0n) is 19.9. The molecule has 0 spiro atoms. The first-order chi connectivity index (χ1) is 17.0. The second kappa shape index (κ2) is 8.96. The van der Waals surface area contributed by atoms with E-state index in [1.54, 1.807) is 24.3 Å². The number of fused-ring (bicyclic) bond motifs is 1. The topological polar surface area (TPSA) is 77.5 Å². The van der Waals surface area contributed by atoms with Crippen LogP contribution in [0.5, 0.6) is 17.2 Å². The molecule has 180 valence electrons. The van der Waals surface area contributed by atoms with Crippen LogP contribution < -0.4 is 24.2 Å². The van der Waals surface area contributed by atoms with Crippen molar-refractivity contribution in [3.8, 4) is 17.2 Å². The van der Waals surface area contributed by atoms with Gasteiger partial charge in [-0.2, -0.15) is 0 Å². The van der Waals surface area contributed by atoms with Crippen molar-refractivity contribution in [3.05, 3.63) is 77.9 Å². The molecular weight excluding hydrogens is 448 g/mol. The van der Waals surface area contributed by atoms with Crippen LogP contribution in [-0.4, -0.2) is 39.2 Å². The zero-order valence-corrected chi connectivity index (χ0v) is 19.9. The Morgan fingerprint density at radius 2 is 1.49 bits per heavy atom. The van der Waals surface area contributed by atoms with Gasteiger partial charge in [-0.25, -0.2) is 9.96 Å². The number of carbonyl (C=O) groups is 2. The fourth-order valence-corrected chi connectivity index (χ4v) is 4.91. The second-order valence-electron chi connectivity index (χ2n) is 8.43. The molecule has 3 aromatic rings. The molecule has 5 rings (SSSR count). The minimum atomic E-state index is -0.981. The average Bonchev–Trinajstić information content (AvgIpc) is 3.39. The number of methoxy groups -OCH3 is 3. The monoisotopic (exact) mass is 474 g/mol. The maximum absolute atomic E-state index is 13.8. The summed E-state index contributed by atoms with van der Waals surface area (Å²) in [4.78, 5) is 34.8. The van der Waals surface area contributed by atoms with Gasteiger partial charge in [0.15, 0.2) is 17.6 Å². The maximum atomic E-state index is 13.8. The lowest BCUT2D eigenvalue weighted by molar-refractivity contribution is -0.126. The van der Waals surface area contributed by atoms with E-state index < -0.39 is 24.0 Å². The van der Waals surface area contributed by atoms with Gasteiger partial charge in [0.2, 0.25) is 11.7 Å². The van der Waals surface area contributed by atoms with Gasteiger partial charge < -0.3 is 14.2 Å². The zero-order chi connectivity index (χ0) is 24.7. The molecule has 2 fully saturated rings. The Bertz CT molecular complexity index is 1280. The number of carbonyl (C=O) groups excluding carboxylic acids is 2. The van der Waals surface area contributed by atoms with Crippen molar-refractivity contribution in [2.75, 3.05) is 31.3 Å². The molecule has 2 amide bonds. The first kappa shape index (κ1) is 22.7. The molecule has 8 heteroatoms. The largest absolute Gasteiger partial charge is 0.493 e. The van der Waals surface area contributed by atoms with E-state index >= 15 is 0 Å². The van der Waals surface area contributed by atoms with Crippen molar-refractivity contribution in [1.82, 2.24) is 0 Å². The number of ether oxygens (including phenoxy) is 3. The summed E-state index contributed by atoms with van der Waals surface area (Å²) >= 11 is 0. The predicted octanol–water partition coefficient (Wildman–Crippen LogP) is 4.07. The Kier molecular flexibility index (Phi) is 5.82. The van der Waals surface area contributed by atoms with E-state index in [2.05, 4.69) is 0 Å². The molecule has 0 aliphatic carbocycles. The summed E-state index contributed by atoms with van der Waals surface area (Å²) in [7, 11) is 4.60. The predicted molar refractivity (Wildman–Crippen MR) is 130 cm³/mol. The number of nitrogens with zero attached hydrogens (tertiary/aromatic N) is 2. The summed E-state index contributed by atoms with van der Waals surface area (Å²) in [5, 5.41) is 1.63. The van der Waals surface area contributed by atoms with E-state index in [-0.39, 0.29) is 5.91 Å². The third-order valence-corrected chi connectivity index (χ3v) is 6.44. The lowest BCUT2D eigenvalue weighted by Crippen LogP contribution is -2.37. The summed E-state index contributed by atoms with van der Waals surface area (Å²) in [5.41, 5.74) is 2.84. The van der Waals surface area contributed by atoms with Gasteiger partial charge in [-0.05, 0) is 48.9 Å². The smallest absolute Gasteiger partial charge is 0.266 e. The molecule has 0 saturated carbocycles. The number of rotatable bonds is 6. The highest BCUT2D eigenvalue weighted by molar-refractivity contribution is 6.24. The van der Waals surface area contributed by atoms with Crippen molar-refractivity contribution in [3.63, 3.8) is 0 Å². The van der Waals surface area contributed by atoms with Gasteiger partial charge >= 0.3 is 0 Å². The van der Waals surface area contributed by atoms with Gasteiger partial charge in [-0.3, -0.25) is 14.4 Å². The number of imide groups is 1. The first-order valence-electron chi connectivity index (χ1n) is 11.2. The number of hydrogen-bond acceptors (Lipinski definition) is 7. The molecule has 3 atom stereocenters. The molecule has 2 aliphatic heterocycles. The lowest BCUT2D eigenvalue weighted by Gasteiger charge is -2.30. The quantitative estimate of drug-likeness (QED) is 0.499. The van der Waals surface area contributed by atoms with Crippen LogP contribution >= 0.6 is 0 Å². The molecular formula is C27H26N2O6. The fourth-order valence-electron chi connectivity index (χ4n) is 4.91. The van der Waals surface area contributed by atoms with E-state index in [4.69, 9.17) is 19.0 Å². The summed E-state index contributed by atoms with van der Waals surface area (Å²) in [6.45, 7) is 1.92. The van der Waals surface area contributed by atoms with Crippen molar-refractivity contribution < 1.29 is 28.6 Å². The lowest BCUT2D eigenvalue weighted by atomic mass is 9.89. The van der Waals surface area contributed by atoms with Gasteiger partial charge in [0, 0.05) is 5.56 Å². The maximum Gasteiger partial charge on any atom is 0.266 e. The number of benzene rings is 3. The van der Waals surface area contributed by atoms with Crippen LogP contribution in [-0.2, 0) is 14.4 Å². The van der Waals surface area contributed by atoms with Crippen LogP contribution in [0.3, 0.4) is 0 Å². The highest BCUT2D eigenvalue weighted by atomic mass is 16.7. The number of para-hydroxylation sites is 1. The Labute approximate surface area is 203 Å². The molecule has 0 radical (unpaired) electrons. The number of amides is 2. The number of hydroxylamine groups is 1. The summed E-state index contributed by atoms with van der Waals surface area (Å²) < 4.78 is 16.8. The van der Waals surface area contributed by atoms with Gasteiger partial charge in [0.25, 0.3) is 5.91 Å². The average molecular weight is 475 g/mol. The SMILES string of the molecule is COc1ccc([C@H]2[C@H]3C(=O)N(c4cccc(C)c4)C(=O)[C@H]3ON2c2ccccc2)c(OC)c1OC. The molecule has 0 unspecified atom stereocenters. The molecule has 35 heavy (non-hydrogen) atoms. The number of hydrogen-bond donors (Lipinski definition) is 0. The summed E-state index contributed by atoms with van der Waals surface area (Å²) in [6, 6.07) is 19.6. The van der Waals surface area contributed by atoms with Crippen LogP contribution in [0.15, 0.2) is 66.7 Å². The van der Waals surface area contributed by atoms with Gasteiger partial charge in [0.05, 0.1) is 32.7 Å². The van der Waals surface area contributed by atoms with E-state index in [0.29, 0.717) is 34.2 Å². The molecule has 0 N–H and O–H groups in total. The minimum Gasteiger partial charge on any atom is -0.493 e. The van der Waals surface area contributed by atoms with Gasteiger partial charge in [0.1, 0.15) is 12.0 Å². The van der Waals surface area contributed by atoms with Crippen LogP contribution in [0.4, 0.5) is 11.4 Å². The van der Waals surface area contributed by atoms with Crippen LogP contribution in [0.25, 0.3) is 0 Å². The standard InChI is InChI=1S/C27H26N2O6/c1-16-9-8-12-18(15-16)28-26(30)21-22(19-13-14-20(32-2)24(34-4)23(19)33-3)29(35-25(21)27(28)31)17-10-6-5-7-11-17/h5-15,21-22,25H,1-4H3/t21-,22+,25+/m1/s1. The van der Waals surface area contributed by atoms with E-state index in [1.807, 2.05) is 61.5 Å². The molecule has 2 aliphatic rings. The second-order valence-corrected chi connectivity index (χ2v) is 8.43. The Morgan fingerprint density at radius 1 is 0.771 bits per heavy atom. The molecule has 0 bridgehead atoms. The van der Waals surface area contributed by atoms with Crippen molar-refractivity contribution in [1.29, 1.82) is 0 Å². The molecule has 3 aromatic carbocycles. The Balaban J connectivity index is 1.66. The highest BCUT2D eigenvalue weighted by Gasteiger charge is 2.61. The number of aryl methyl sites for hydroxylation is 1. The van der Waals surface area contributed by atoms with Crippen molar-refractivity contribution >= 4 is 23.2 Å². The highest BCUT2D eigenvalue weighted by Crippen LogP contribution is 2.52. The van der Waals surface area contributed by atoms with Crippen molar-refractivity contribution in [2.24, 2.45) is 5.92 Å². The van der Waals surface area contributed by atoms with Crippen LogP contribution in [0, 0.1) is 12.8 Å². The molecule has 0 aromatic heterocycles. The van der Waals surface area contributed by atoms with E-state index in [1.165, 1.54) is 19.1 Å². The van der Waals surface area contributed by atoms with Crippen molar-refractivity contribution in [2.45, 2.75) is 19.1 Å². The normalized spacial score (nSPS) is 21.3. The Morgan fingerprint density at radius 3 is 2.14 bits per heavy atom. The summed E-state index contributed by atoms with van der Waals surface area (Å²) in [5.74, 6) is -0.216. The van der Waals surface area contributed by atoms with E-state index in [9.17, 15) is 9.59 Å². The third-order valence-electron chi connectivity index (χ3n) is 6.44.